The molecule has 0 radical (unpaired) electrons. The summed E-state index contributed by atoms with van der Waals surface area (Å²) in [5.74, 6) is 30.6. The van der Waals surface area contributed by atoms with Crippen molar-refractivity contribution >= 4 is 5.97 Å². The van der Waals surface area contributed by atoms with Crippen molar-refractivity contribution in [3.8, 4) is 35.5 Å². The van der Waals surface area contributed by atoms with Crippen LogP contribution in [0.25, 0.3) is 0 Å². The van der Waals surface area contributed by atoms with Crippen LogP contribution in [0.2, 0.25) is 0 Å². The number of carbonyl (C=O) groups excluding carboxylic acids is 1. The van der Waals surface area contributed by atoms with Gasteiger partial charge in [0.05, 0.1) is 29.5 Å². The van der Waals surface area contributed by atoms with Crippen LogP contribution in [-0.4, -0.2) is 88.0 Å². The van der Waals surface area contributed by atoms with Crippen LogP contribution in [0.1, 0.15) is 218 Å². The molecule has 0 aromatic rings. The van der Waals surface area contributed by atoms with Gasteiger partial charge in [0.25, 0.3) is 0 Å². The zero-order valence-electron chi connectivity index (χ0n) is 53.9. The number of aliphatic hydroxyl groups is 7. The van der Waals surface area contributed by atoms with Gasteiger partial charge in [-0.25, -0.2) is 4.79 Å². The summed E-state index contributed by atoms with van der Waals surface area (Å²) in [6.07, 6.45) is 22.2. The predicted octanol–water partition coefficient (Wildman–Crippen LogP) is 11.6. The molecular weight excluding hydrogens is 1070 g/mol. The Labute approximate surface area is 517 Å². The van der Waals surface area contributed by atoms with Crippen LogP contribution in [0.4, 0.5) is 0 Å². The van der Waals surface area contributed by atoms with Gasteiger partial charge in [-0.1, -0.05) is 80.6 Å². The normalized spacial score (nSPS) is 64.2. The monoisotopic (exact) mass is 1180 g/mol. The lowest BCUT2D eigenvalue weighted by Gasteiger charge is -2.64. The Balaban J connectivity index is 0.000000109. The number of ether oxygens (including phenoxy) is 1. The molecule has 18 saturated carbocycles. The number of carbonyl (C=O) groups is 1. The van der Waals surface area contributed by atoms with Gasteiger partial charge in [-0.2, -0.15) is 0 Å². The molecule has 86 heavy (non-hydrogen) atoms. The molecule has 0 saturated heterocycles. The summed E-state index contributed by atoms with van der Waals surface area (Å²) in [7, 11) is 0. The number of rotatable bonds is 1. The Morgan fingerprint density at radius 2 is 0.744 bits per heavy atom. The van der Waals surface area contributed by atoms with Crippen molar-refractivity contribution in [3.63, 3.8) is 0 Å². The molecule has 0 bridgehead atoms. The van der Waals surface area contributed by atoms with Gasteiger partial charge in [0.15, 0.2) is 0 Å². The van der Waals surface area contributed by atoms with Gasteiger partial charge in [0.2, 0.25) is 0 Å². The van der Waals surface area contributed by atoms with Gasteiger partial charge in [-0.05, 0) is 284 Å². The number of hydrogen-bond donors (Lipinski definition) is 7. The first-order chi connectivity index (χ1) is 40.0. The Bertz CT molecular complexity index is 2920. The van der Waals surface area contributed by atoms with Crippen molar-refractivity contribution in [1.82, 2.24) is 0 Å². The van der Waals surface area contributed by atoms with Crippen molar-refractivity contribution in [2.75, 3.05) is 6.61 Å². The lowest BCUT2D eigenvalue weighted by molar-refractivity contribution is -0.233. The Kier molecular flexibility index (Phi) is 12.8. The molecule has 0 heterocycles. The highest BCUT2D eigenvalue weighted by Gasteiger charge is 2.85. The van der Waals surface area contributed by atoms with Crippen LogP contribution < -0.4 is 0 Å². The molecule has 18 aliphatic rings. The highest BCUT2D eigenvalue weighted by Crippen LogP contribution is 2.85. The molecule has 474 valence electrons. The maximum atomic E-state index is 12.0. The van der Waals surface area contributed by atoms with E-state index in [-0.39, 0.29) is 51.9 Å². The molecule has 18 rings (SSSR count). The SMILES string of the molecule is C.CC#C[C@]1(O)[C@H]2C[C@H]2C2C3C(CC[C@@]21C)[C@@]1(C)CC[C@H](C)C[C@@]1(O)[C@@H]1C[C@H]31.CC#C[C@]1(O)[C@H]2C[C@H]2C2C3C(CC[C@@]21C)[C@@]1(C)CC[C@H](O)C[C@@]1(O)[C@@H]1C[C@H]31.CCOC(=O)C#C[C@]1(O)[C@H]2C[C@H]2C2C3C(CC[C@@]21C)[C@@]1(C)CC[C@H](C)C[C@@]1(O)[C@@H]1C[C@H]31. The van der Waals surface area contributed by atoms with Crippen molar-refractivity contribution in [2.45, 2.75) is 258 Å². The predicted molar refractivity (Wildman–Crippen MR) is 331 cm³/mol. The standard InChI is InChI=1S/C27H38O4.C25H36O2.C24H34O3.CH4/c1-5-31-21(28)8-11-26(29)20-13-17(20)23-22-16-12-19(16)27(30)14-15(2)6-9-24(27,3)18(22)7-10-25(23,26)4;1-5-8-24(26)19-12-16(19)21-20-15-11-18(15)25(27)13-14(2)6-9-22(25,3)17(20)7-10-23(21,24)4;1-4-7-23(26)18-11-15(18)20-19-14-10-17(14)24(27)12-13(25)5-8-21(24,2)16(19)6-9-22(20,23)3;/h15-20,22-23,29-30H,5-7,9-10,12-14H2,1-4H3;14-21,26-27H,6-7,9-13H2,1-4H3;13-20,25-27H,5-6,8-12H2,1-3H3;1H4/t15-,16-,17+,18?,19+,20-,22?,23?,24+,25-,26-,27+;14-,15-,16+,17?,18+,19-,20?,21?,22+,23-,24-,25+;13-,14-,15+,16?,17+,18-,19?,20?,21+,22-,23-,24+;/m000./s1. The van der Waals surface area contributed by atoms with E-state index < -0.39 is 39.6 Å². The average Bonchev–Trinajstić information content (AvgIpc) is 1.50. The minimum atomic E-state index is -1.08. The fourth-order valence-electron chi connectivity index (χ4n) is 29.4. The Morgan fingerprint density at radius 1 is 0.430 bits per heavy atom. The Morgan fingerprint density at radius 3 is 1.09 bits per heavy atom. The van der Waals surface area contributed by atoms with Crippen molar-refractivity contribution in [1.29, 1.82) is 0 Å². The molecule has 7 N–H and O–H groups in total. The topological polar surface area (TPSA) is 168 Å². The molecule has 18 fully saturated rings. The number of aliphatic hydroxyl groups excluding tert-OH is 1. The van der Waals surface area contributed by atoms with Crippen molar-refractivity contribution in [3.05, 3.63) is 0 Å². The van der Waals surface area contributed by atoms with Crippen LogP contribution >= 0.6 is 0 Å². The summed E-state index contributed by atoms with van der Waals surface area (Å²) in [4.78, 5) is 11.9. The second kappa shape index (κ2) is 18.4. The van der Waals surface area contributed by atoms with Gasteiger partial charge in [0, 0.05) is 46.3 Å². The maximum Gasteiger partial charge on any atom is 0.384 e. The summed E-state index contributed by atoms with van der Waals surface area (Å²) in [6, 6.07) is 0. The molecule has 9 unspecified atom stereocenters. The highest BCUT2D eigenvalue weighted by atomic mass is 16.5. The zero-order valence-corrected chi connectivity index (χ0v) is 53.9. The summed E-state index contributed by atoms with van der Waals surface area (Å²) < 4.78 is 5.01. The van der Waals surface area contributed by atoms with Gasteiger partial charge in [0.1, 0.15) is 16.8 Å². The van der Waals surface area contributed by atoms with E-state index in [0.717, 1.165) is 95.8 Å². The number of fused-ring (bicyclic) bond motifs is 30. The van der Waals surface area contributed by atoms with Crippen LogP contribution in [0.15, 0.2) is 0 Å². The molecule has 0 aromatic carbocycles. The molecule has 36 atom stereocenters. The smallest absolute Gasteiger partial charge is 0.384 e. The molecule has 18 aliphatic carbocycles. The first kappa shape index (κ1) is 60.1. The molecule has 0 aromatic heterocycles. The summed E-state index contributed by atoms with van der Waals surface area (Å²) in [5.41, 5.74) is -4.60. The van der Waals surface area contributed by atoms with E-state index in [1.54, 1.807) is 6.92 Å². The van der Waals surface area contributed by atoms with E-state index in [4.69, 9.17) is 4.74 Å². The molecule has 9 nitrogen and oxygen atoms in total. The van der Waals surface area contributed by atoms with Gasteiger partial charge >= 0.3 is 5.97 Å². The van der Waals surface area contributed by atoms with Gasteiger partial charge in [-0.15, -0.1) is 11.8 Å². The van der Waals surface area contributed by atoms with Gasteiger partial charge < -0.3 is 40.5 Å². The van der Waals surface area contributed by atoms with E-state index in [0.29, 0.717) is 137 Å². The number of esters is 1. The fraction of sp³-hybridized carbons (Fsp3) is 0.909. The van der Waals surface area contributed by atoms with Crippen molar-refractivity contribution in [2.24, 2.45) is 169 Å². The minimum absolute atomic E-state index is 0. The van der Waals surface area contributed by atoms with Crippen LogP contribution in [0.5, 0.6) is 0 Å². The first-order valence-corrected chi connectivity index (χ1v) is 35.6. The third kappa shape index (κ3) is 7.04. The van der Waals surface area contributed by atoms with E-state index in [2.05, 4.69) is 90.9 Å². The largest absolute Gasteiger partial charge is 0.456 e. The molecule has 9 heteroatoms. The molecule has 0 aliphatic heterocycles. The summed E-state index contributed by atoms with van der Waals surface area (Å²) in [5, 5.41) is 81.4. The maximum absolute atomic E-state index is 12.0. The van der Waals surface area contributed by atoms with Crippen LogP contribution in [0, 0.1) is 204 Å². The quantitative estimate of drug-likeness (QED) is 0.0768. The zero-order chi connectivity index (χ0) is 59.9. The lowest BCUT2D eigenvalue weighted by atomic mass is 9.42. The first-order valence-electron chi connectivity index (χ1n) is 35.6. The molecule has 0 amide bonds. The number of hydrogen-bond acceptors (Lipinski definition) is 9. The Hall–Kier alpha value is -2.13. The second-order valence-corrected chi connectivity index (χ2v) is 36.2. The van der Waals surface area contributed by atoms with Gasteiger partial charge in [-0.3, -0.25) is 0 Å². The average molecular weight is 1180 g/mol. The molecule has 0 spiro atoms. The van der Waals surface area contributed by atoms with Crippen molar-refractivity contribution < 1.29 is 45.3 Å². The minimum Gasteiger partial charge on any atom is -0.456 e. The second-order valence-electron chi connectivity index (χ2n) is 36.2. The third-order valence-electron chi connectivity index (χ3n) is 33.6. The third-order valence-corrected chi connectivity index (χ3v) is 33.6. The molecular formula is C77H112O9. The van der Waals surface area contributed by atoms with Crippen LogP contribution in [-0.2, 0) is 9.53 Å². The van der Waals surface area contributed by atoms with E-state index in [9.17, 15) is 40.5 Å². The fourth-order valence-corrected chi connectivity index (χ4v) is 29.4. The van der Waals surface area contributed by atoms with E-state index >= 15 is 0 Å². The van der Waals surface area contributed by atoms with E-state index in [1.165, 1.54) is 38.5 Å². The summed E-state index contributed by atoms with van der Waals surface area (Å²) in [6.45, 7) is 24.6. The highest BCUT2D eigenvalue weighted by molar-refractivity contribution is 5.88. The summed E-state index contributed by atoms with van der Waals surface area (Å²) >= 11 is 0. The lowest BCUT2D eigenvalue weighted by Crippen LogP contribution is -2.65. The van der Waals surface area contributed by atoms with E-state index in [1.807, 2.05) is 13.8 Å². The van der Waals surface area contributed by atoms with Crippen LogP contribution in [0.3, 0.4) is 0 Å².